The molecule has 0 amide bonds. The highest BCUT2D eigenvalue weighted by Crippen LogP contribution is 2.22. The van der Waals surface area contributed by atoms with Crippen LogP contribution in [0, 0.1) is 5.92 Å². The molecule has 1 saturated heterocycles. The zero-order chi connectivity index (χ0) is 23.9. The van der Waals surface area contributed by atoms with E-state index in [1.807, 2.05) is 31.2 Å². The van der Waals surface area contributed by atoms with Crippen molar-refractivity contribution < 1.29 is 14.7 Å². The molecule has 1 fully saturated rings. The normalized spacial score (nSPS) is 16.5. The number of aliphatic carboxylic acids is 1. The number of rotatable bonds is 9. The summed E-state index contributed by atoms with van der Waals surface area (Å²) in [5.74, 6) is -0.943. The molecule has 1 aliphatic rings. The average molecular weight is 459 g/mol. The van der Waals surface area contributed by atoms with Gasteiger partial charge in [-0.05, 0) is 60.2 Å². The van der Waals surface area contributed by atoms with Crippen molar-refractivity contribution in [3.05, 3.63) is 83.4 Å². The van der Waals surface area contributed by atoms with E-state index < -0.39 is 5.97 Å². The van der Waals surface area contributed by atoms with Gasteiger partial charge in [0, 0.05) is 31.0 Å². The molecule has 0 radical (unpaired) electrons. The summed E-state index contributed by atoms with van der Waals surface area (Å²) in [5.41, 5.74) is 7.43. The summed E-state index contributed by atoms with van der Waals surface area (Å²) < 4.78 is 0. The third kappa shape index (κ3) is 5.85. The van der Waals surface area contributed by atoms with Gasteiger partial charge >= 0.3 is 5.97 Å². The molecule has 1 N–H and O–H groups in total. The molecule has 1 aliphatic heterocycles. The smallest absolute Gasteiger partial charge is 0.307 e. The number of benzene rings is 2. The Balaban J connectivity index is 1.35. The van der Waals surface area contributed by atoms with E-state index in [0.29, 0.717) is 13.2 Å². The number of oxime groups is 1. The quantitative estimate of drug-likeness (QED) is 0.374. The maximum atomic E-state index is 11.2. The standard InChI is InChI=1S/C27H30N4O3/c1-3-21-12-23(8-9-24(21)15-31-11-10-25(16-31)27(32)33)19(2)30-34-17-20-4-6-22(7-5-20)26-13-28-18-29-14-26/h4-9,12-14,18,25H,3,10-11,15-17H2,1-2H3,(H,32,33)/b30-19+/t25-/m0/s1. The van der Waals surface area contributed by atoms with Gasteiger partial charge in [0.1, 0.15) is 12.9 Å². The van der Waals surface area contributed by atoms with Gasteiger partial charge < -0.3 is 9.94 Å². The van der Waals surface area contributed by atoms with E-state index >= 15 is 0 Å². The summed E-state index contributed by atoms with van der Waals surface area (Å²) in [5, 5.41) is 13.6. The Morgan fingerprint density at radius 1 is 1.12 bits per heavy atom. The largest absolute Gasteiger partial charge is 0.481 e. The Morgan fingerprint density at radius 3 is 2.56 bits per heavy atom. The molecule has 34 heavy (non-hydrogen) atoms. The first-order chi connectivity index (χ1) is 16.5. The molecular formula is C27H30N4O3. The van der Waals surface area contributed by atoms with Gasteiger partial charge in [-0.2, -0.15) is 0 Å². The van der Waals surface area contributed by atoms with Crippen LogP contribution in [0.4, 0.5) is 0 Å². The van der Waals surface area contributed by atoms with Crippen molar-refractivity contribution in [1.29, 1.82) is 0 Å². The van der Waals surface area contributed by atoms with Crippen LogP contribution in [0.25, 0.3) is 11.1 Å². The summed E-state index contributed by atoms with van der Waals surface area (Å²) in [6.07, 6.45) is 6.74. The first-order valence-electron chi connectivity index (χ1n) is 11.6. The van der Waals surface area contributed by atoms with Crippen LogP contribution in [-0.4, -0.2) is 44.7 Å². The van der Waals surface area contributed by atoms with Crippen LogP contribution in [0.3, 0.4) is 0 Å². The number of likely N-dealkylation sites (tertiary alicyclic amines) is 1. The van der Waals surface area contributed by atoms with Gasteiger partial charge in [-0.1, -0.05) is 48.5 Å². The molecule has 0 spiro atoms. The molecule has 0 unspecified atom stereocenters. The molecule has 0 saturated carbocycles. The summed E-state index contributed by atoms with van der Waals surface area (Å²) in [4.78, 5) is 27.2. The molecule has 2 aromatic carbocycles. The molecule has 4 rings (SSSR count). The van der Waals surface area contributed by atoms with E-state index in [0.717, 1.165) is 53.9 Å². The van der Waals surface area contributed by atoms with Gasteiger partial charge in [0.2, 0.25) is 0 Å². The minimum absolute atomic E-state index is 0.251. The lowest BCUT2D eigenvalue weighted by molar-refractivity contribution is -0.141. The van der Waals surface area contributed by atoms with Crippen LogP contribution >= 0.6 is 0 Å². The second kappa shape index (κ2) is 11.0. The Morgan fingerprint density at radius 2 is 1.88 bits per heavy atom. The molecular weight excluding hydrogens is 428 g/mol. The van der Waals surface area contributed by atoms with E-state index in [9.17, 15) is 9.90 Å². The van der Waals surface area contributed by atoms with Gasteiger partial charge in [-0.3, -0.25) is 9.69 Å². The van der Waals surface area contributed by atoms with Crippen molar-refractivity contribution >= 4 is 11.7 Å². The van der Waals surface area contributed by atoms with Gasteiger partial charge in [0.05, 0.1) is 11.6 Å². The summed E-state index contributed by atoms with van der Waals surface area (Å²) in [6, 6.07) is 14.5. The van der Waals surface area contributed by atoms with E-state index in [1.165, 1.54) is 17.5 Å². The fourth-order valence-corrected chi connectivity index (χ4v) is 4.25. The minimum atomic E-state index is -0.692. The van der Waals surface area contributed by atoms with Crippen LogP contribution in [0.5, 0.6) is 0 Å². The molecule has 176 valence electrons. The summed E-state index contributed by atoms with van der Waals surface area (Å²) in [7, 11) is 0. The fraction of sp³-hybridized carbons (Fsp3) is 0.333. The minimum Gasteiger partial charge on any atom is -0.481 e. The predicted octanol–water partition coefficient (Wildman–Crippen LogP) is 4.55. The summed E-state index contributed by atoms with van der Waals surface area (Å²) in [6.45, 7) is 6.71. The first-order valence-corrected chi connectivity index (χ1v) is 11.6. The van der Waals surface area contributed by atoms with Crippen LogP contribution in [-0.2, 0) is 29.2 Å². The van der Waals surface area contributed by atoms with Gasteiger partial charge in [-0.25, -0.2) is 9.97 Å². The van der Waals surface area contributed by atoms with Gasteiger partial charge in [0.15, 0.2) is 0 Å². The Labute approximate surface area is 200 Å². The van der Waals surface area contributed by atoms with E-state index in [4.69, 9.17) is 4.84 Å². The fourth-order valence-electron chi connectivity index (χ4n) is 4.25. The van der Waals surface area contributed by atoms with Crippen molar-refractivity contribution in [1.82, 2.24) is 14.9 Å². The maximum absolute atomic E-state index is 11.2. The highest BCUT2D eigenvalue weighted by Gasteiger charge is 2.28. The van der Waals surface area contributed by atoms with Crippen molar-refractivity contribution in [3.63, 3.8) is 0 Å². The second-order valence-corrected chi connectivity index (χ2v) is 8.67. The Kier molecular flexibility index (Phi) is 7.65. The van der Waals surface area contributed by atoms with Crippen LogP contribution < -0.4 is 0 Å². The second-order valence-electron chi connectivity index (χ2n) is 8.67. The van der Waals surface area contributed by atoms with Crippen molar-refractivity contribution in [2.24, 2.45) is 11.1 Å². The van der Waals surface area contributed by atoms with E-state index in [1.54, 1.807) is 12.4 Å². The molecule has 7 nitrogen and oxygen atoms in total. The molecule has 1 atom stereocenters. The van der Waals surface area contributed by atoms with E-state index in [2.05, 4.69) is 45.1 Å². The number of carbonyl (C=O) groups is 1. The molecule has 3 aromatic rings. The van der Waals surface area contributed by atoms with Gasteiger partial charge in [-0.15, -0.1) is 0 Å². The number of carboxylic acid groups (broad SMARTS) is 1. The SMILES string of the molecule is CCc1cc(/C(C)=N/OCc2ccc(-c3cncnc3)cc2)ccc1CN1CC[C@H](C(=O)O)C1. The third-order valence-corrected chi connectivity index (χ3v) is 6.30. The lowest BCUT2D eigenvalue weighted by atomic mass is 9.99. The number of hydrogen-bond acceptors (Lipinski definition) is 6. The highest BCUT2D eigenvalue weighted by atomic mass is 16.6. The van der Waals surface area contributed by atoms with Crippen molar-refractivity contribution in [2.75, 3.05) is 13.1 Å². The van der Waals surface area contributed by atoms with Crippen LogP contribution in [0.2, 0.25) is 0 Å². The predicted molar refractivity (Wildman–Crippen MR) is 131 cm³/mol. The third-order valence-electron chi connectivity index (χ3n) is 6.30. The highest BCUT2D eigenvalue weighted by molar-refractivity contribution is 5.98. The topological polar surface area (TPSA) is 87.9 Å². The molecule has 0 aliphatic carbocycles. The summed E-state index contributed by atoms with van der Waals surface area (Å²) >= 11 is 0. The van der Waals surface area contributed by atoms with E-state index in [-0.39, 0.29) is 5.92 Å². The van der Waals surface area contributed by atoms with Crippen molar-refractivity contribution in [3.8, 4) is 11.1 Å². The zero-order valence-corrected chi connectivity index (χ0v) is 19.6. The number of aromatic nitrogens is 2. The number of aryl methyl sites for hydroxylation is 1. The average Bonchev–Trinajstić information content (AvgIpc) is 3.34. The number of hydrogen-bond donors (Lipinski definition) is 1. The van der Waals surface area contributed by atoms with Crippen molar-refractivity contribution in [2.45, 2.75) is 39.8 Å². The lowest BCUT2D eigenvalue weighted by Crippen LogP contribution is -2.23. The Bertz CT molecular complexity index is 1150. The number of carboxylic acids is 1. The van der Waals surface area contributed by atoms with Gasteiger partial charge in [0.25, 0.3) is 0 Å². The van der Waals surface area contributed by atoms with Crippen LogP contribution in [0.1, 0.15) is 42.5 Å². The number of nitrogens with zero attached hydrogens (tertiary/aromatic N) is 4. The van der Waals surface area contributed by atoms with Crippen LogP contribution in [0.15, 0.2) is 66.3 Å². The molecule has 0 bridgehead atoms. The maximum Gasteiger partial charge on any atom is 0.307 e. The first kappa shape index (κ1) is 23.6. The monoisotopic (exact) mass is 458 g/mol. The molecule has 7 heteroatoms. The zero-order valence-electron chi connectivity index (χ0n) is 19.6. The lowest BCUT2D eigenvalue weighted by Gasteiger charge is -2.18. The molecule has 1 aromatic heterocycles. The molecule has 2 heterocycles. The Hall–Kier alpha value is -3.58.